The summed E-state index contributed by atoms with van der Waals surface area (Å²) in [5, 5.41) is 14.2. The molecule has 1 atom stereocenters. The molecule has 1 aromatic carbocycles. The van der Waals surface area contributed by atoms with E-state index in [1.54, 1.807) is 13.0 Å². The van der Waals surface area contributed by atoms with Gasteiger partial charge in [-0.2, -0.15) is 0 Å². The Bertz CT molecular complexity index is 1070. The highest BCUT2D eigenvalue weighted by Crippen LogP contribution is 2.42. The number of aryl methyl sites for hydroxylation is 1. The molecule has 136 valence electrons. The minimum atomic E-state index is -1.22. The quantitative estimate of drug-likeness (QED) is 0.708. The van der Waals surface area contributed by atoms with E-state index in [1.807, 2.05) is 0 Å². The van der Waals surface area contributed by atoms with Crippen LogP contribution in [0.1, 0.15) is 27.9 Å². The highest BCUT2D eigenvalue weighted by molar-refractivity contribution is 6.19. The van der Waals surface area contributed by atoms with Crippen molar-refractivity contribution in [2.45, 2.75) is 13.0 Å². The Morgan fingerprint density at radius 2 is 2.04 bits per heavy atom. The number of nitrogens with zero attached hydrogens (tertiary/aromatic N) is 2. The summed E-state index contributed by atoms with van der Waals surface area (Å²) in [6.07, 6.45) is 1.29. The van der Waals surface area contributed by atoms with Crippen LogP contribution in [0.5, 0.6) is 0 Å². The summed E-state index contributed by atoms with van der Waals surface area (Å²) in [6.45, 7) is 1.62. The Morgan fingerprint density at radius 1 is 1.26 bits per heavy atom. The summed E-state index contributed by atoms with van der Waals surface area (Å²) in [5.74, 6) is -2.64. The minimum absolute atomic E-state index is 0.0328. The predicted molar refractivity (Wildman–Crippen MR) is 90.6 cm³/mol. The molecule has 1 N–H and O–H groups in total. The molecule has 3 heterocycles. The number of carbonyl (C=O) groups excluding carboxylic acids is 2. The lowest BCUT2D eigenvalue weighted by Gasteiger charge is -2.24. The SMILES string of the molecule is Cc1cc(N2C(=O)C(O)=C(C(=O)c3ccco3)[C@H]2c2ccccc2F)no1. The van der Waals surface area contributed by atoms with Crippen LogP contribution in [0.25, 0.3) is 0 Å². The number of carbonyl (C=O) groups is 2. The van der Waals surface area contributed by atoms with Crippen molar-refractivity contribution in [2.75, 3.05) is 4.90 Å². The van der Waals surface area contributed by atoms with Gasteiger partial charge in [0.05, 0.1) is 17.9 Å². The zero-order valence-electron chi connectivity index (χ0n) is 14.0. The van der Waals surface area contributed by atoms with Crippen LogP contribution in [0.3, 0.4) is 0 Å². The molecule has 3 aromatic rings. The van der Waals surface area contributed by atoms with Gasteiger partial charge in [-0.1, -0.05) is 23.4 Å². The molecule has 2 aromatic heterocycles. The molecule has 0 fully saturated rings. The molecule has 1 amide bonds. The first kappa shape index (κ1) is 16.8. The number of hydrogen-bond donors (Lipinski definition) is 1. The Balaban J connectivity index is 1.91. The van der Waals surface area contributed by atoms with Gasteiger partial charge in [0, 0.05) is 11.6 Å². The second-order valence-corrected chi connectivity index (χ2v) is 5.96. The number of halogens is 1. The van der Waals surface area contributed by atoms with Gasteiger partial charge in [0.15, 0.2) is 17.3 Å². The monoisotopic (exact) mass is 368 g/mol. The van der Waals surface area contributed by atoms with E-state index in [2.05, 4.69) is 5.16 Å². The molecule has 0 radical (unpaired) electrons. The fraction of sp³-hybridized carbons (Fsp3) is 0.105. The largest absolute Gasteiger partial charge is 0.503 e. The first-order valence-electron chi connectivity index (χ1n) is 8.01. The number of aliphatic hydroxyl groups is 1. The first-order chi connectivity index (χ1) is 13.0. The van der Waals surface area contributed by atoms with Crippen LogP contribution in [-0.4, -0.2) is 22.0 Å². The van der Waals surface area contributed by atoms with Crippen molar-refractivity contribution in [1.29, 1.82) is 0 Å². The fourth-order valence-corrected chi connectivity index (χ4v) is 3.07. The summed E-state index contributed by atoms with van der Waals surface area (Å²) in [4.78, 5) is 26.6. The van der Waals surface area contributed by atoms with E-state index >= 15 is 0 Å². The fourth-order valence-electron chi connectivity index (χ4n) is 3.07. The molecule has 0 unspecified atom stereocenters. The topological polar surface area (TPSA) is 96.8 Å². The molecule has 0 aliphatic carbocycles. The third-order valence-electron chi connectivity index (χ3n) is 4.26. The van der Waals surface area contributed by atoms with Crippen molar-refractivity contribution in [3.8, 4) is 0 Å². The Labute approximate surface area is 152 Å². The lowest BCUT2D eigenvalue weighted by Crippen LogP contribution is -2.31. The van der Waals surface area contributed by atoms with Crippen molar-refractivity contribution in [3.05, 3.63) is 83.0 Å². The van der Waals surface area contributed by atoms with Gasteiger partial charge in [-0.3, -0.25) is 14.5 Å². The molecule has 1 aliphatic heterocycles. The van der Waals surface area contributed by atoms with E-state index < -0.39 is 29.3 Å². The van der Waals surface area contributed by atoms with Crippen LogP contribution in [0.2, 0.25) is 0 Å². The highest BCUT2D eigenvalue weighted by atomic mass is 19.1. The summed E-state index contributed by atoms with van der Waals surface area (Å²) in [7, 11) is 0. The van der Waals surface area contributed by atoms with Gasteiger partial charge < -0.3 is 14.0 Å². The summed E-state index contributed by atoms with van der Waals surface area (Å²) < 4.78 is 24.6. The second-order valence-electron chi connectivity index (χ2n) is 5.96. The van der Waals surface area contributed by atoms with Gasteiger partial charge in [0.25, 0.3) is 5.91 Å². The number of hydrogen-bond acceptors (Lipinski definition) is 6. The Hall–Kier alpha value is -3.68. The maximum Gasteiger partial charge on any atom is 0.295 e. The summed E-state index contributed by atoms with van der Waals surface area (Å²) >= 11 is 0. The van der Waals surface area contributed by atoms with E-state index in [4.69, 9.17) is 8.94 Å². The second kappa shape index (κ2) is 6.24. The van der Waals surface area contributed by atoms with Crippen molar-refractivity contribution in [1.82, 2.24) is 5.16 Å². The number of aliphatic hydroxyl groups excluding tert-OH is 1. The van der Waals surface area contributed by atoms with Gasteiger partial charge in [-0.15, -0.1) is 0 Å². The molecule has 0 saturated heterocycles. The van der Waals surface area contributed by atoms with Crippen LogP contribution in [0, 0.1) is 12.7 Å². The van der Waals surface area contributed by atoms with Crippen LogP contribution in [0.15, 0.2) is 69.0 Å². The lowest BCUT2D eigenvalue weighted by molar-refractivity contribution is -0.117. The van der Waals surface area contributed by atoms with Gasteiger partial charge >= 0.3 is 0 Å². The van der Waals surface area contributed by atoms with Crippen LogP contribution in [0.4, 0.5) is 10.2 Å². The molecule has 7 nitrogen and oxygen atoms in total. The highest BCUT2D eigenvalue weighted by Gasteiger charge is 2.47. The molecule has 8 heteroatoms. The third-order valence-corrected chi connectivity index (χ3v) is 4.26. The number of rotatable bonds is 4. The molecular weight excluding hydrogens is 355 g/mol. The number of aromatic nitrogens is 1. The number of furan rings is 1. The standard InChI is InChI=1S/C19H13FN2O5/c1-10-9-14(21-27-10)22-16(11-5-2-3-6-12(11)20)15(18(24)19(22)25)17(23)13-7-4-8-26-13/h2-9,16,24H,1H3/t16-/m1/s1. The maximum atomic E-state index is 14.5. The Kier molecular flexibility index (Phi) is 3.88. The lowest BCUT2D eigenvalue weighted by atomic mass is 9.94. The molecule has 27 heavy (non-hydrogen) atoms. The van der Waals surface area contributed by atoms with Gasteiger partial charge in [0.1, 0.15) is 11.6 Å². The van der Waals surface area contributed by atoms with E-state index in [9.17, 15) is 19.1 Å². The normalized spacial score (nSPS) is 17.0. The smallest absolute Gasteiger partial charge is 0.295 e. The van der Waals surface area contributed by atoms with E-state index in [0.29, 0.717) is 5.76 Å². The molecule has 0 saturated carbocycles. The zero-order valence-corrected chi connectivity index (χ0v) is 14.0. The average molecular weight is 368 g/mol. The van der Waals surface area contributed by atoms with E-state index in [-0.39, 0.29) is 22.7 Å². The third kappa shape index (κ3) is 2.62. The van der Waals surface area contributed by atoms with Crippen LogP contribution < -0.4 is 4.90 Å². The Morgan fingerprint density at radius 3 is 2.67 bits per heavy atom. The molecule has 0 spiro atoms. The number of Topliss-reactive ketones (excluding diaryl/α,β-unsaturated/α-hetero) is 1. The van der Waals surface area contributed by atoms with Crippen molar-refractivity contribution in [3.63, 3.8) is 0 Å². The van der Waals surface area contributed by atoms with Gasteiger partial charge in [0.2, 0.25) is 5.78 Å². The van der Waals surface area contributed by atoms with Crippen LogP contribution >= 0.6 is 0 Å². The predicted octanol–water partition coefficient (Wildman–Crippen LogP) is 3.50. The maximum absolute atomic E-state index is 14.5. The number of amides is 1. The van der Waals surface area contributed by atoms with E-state index in [0.717, 1.165) is 4.90 Å². The van der Waals surface area contributed by atoms with Crippen LogP contribution in [-0.2, 0) is 4.79 Å². The van der Waals surface area contributed by atoms with E-state index in [1.165, 1.54) is 42.7 Å². The van der Waals surface area contributed by atoms with Crippen molar-refractivity contribution >= 4 is 17.5 Å². The molecular formula is C19H13FN2O5. The average Bonchev–Trinajstić information content (AvgIpc) is 3.37. The molecule has 1 aliphatic rings. The summed E-state index contributed by atoms with van der Waals surface area (Å²) in [6, 6.07) is 8.82. The zero-order chi connectivity index (χ0) is 19.1. The summed E-state index contributed by atoms with van der Waals surface area (Å²) in [5.41, 5.74) is -0.258. The number of anilines is 1. The number of benzene rings is 1. The molecule has 0 bridgehead atoms. The first-order valence-corrected chi connectivity index (χ1v) is 8.01. The van der Waals surface area contributed by atoms with Crippen molar-refractivity contribution < 1.29 is 28.0 Å². The number of ketones is 1. The molecule has 4 rings (SSSR count). The van der Waals surface area contributed by atoms with Gasteiger partial charge in [-0.25, -0.2) is 4.39 Å². The van der Waals surface area contributed by atoms with Gasteiger partial charge in [-0.05, 0) is 25.1 Å². The minimum Gasteiger partial charge on any atom is -0.503 e. The van der Waals surface area contributed by atoms with Crippen molar-refractivity contribution in [2.24, 2.45) is 0 Å².